The van der Waals surface area contributed by atoms with Crippen LogP contribution < -0.4 is 0 Å². The number of hydrogen-bond acceptors (Lipinski definition) is 10. The summed E-state index contributed by atoms with van der Waals surface area (Å²) in [7, 11) is -20.1. The quantitative estimate of drug-likeness (QED) is 0.152. The fraction of sp³-hybridized carbons (Fsp3) is 0. The van der Waals surface area contributed by atoms with Crippen LogP contribution in [0.15, 0.2) is 92.6 Å². The fourth-order valence-corrected chi connectivity index (χ4v) is 7.75. The number of benzene rings is 3. The Balaban J connectivity index is 1.99. The lowest BCUT2D eigenvalue weighted by atomic mass is 9.96. The minimum absolute atomic E-state index is 0.0639. The zero-order valence-electron chi connectivity index (χ0n) is 20.5. The molecule has 42 heavy (non-hydrogen) atoms. The summed E-state index contributed by atoms with van der Waals surface area (Å²) in [6, 6.07) is 11.2. The van der Waals surface area contributed by atoms with Gasteiger partial charge in [0.1, 0.15) is 9.79 Å². The van der Waals surface area contributed by atoms with Crippen molar-refractivity contribution in [3.8, 4) is 22.3 Å². The first-order chi connectivity index (χ1) is 19.4. The van der Waals surface area contributed by atoms with E-state index >= 15 is 0 Å². The molecular weight excluding hydrogens is 637 g/mol. The Labute approximate surface area is 238 Å². The van der Waals surface area contributed by atoms with Crippen molar-refractivity contribution in [2.24, 2.45) is 0 Å². The van der Waals surface area contributed by atoms with Gasteiger partial charge in [0.2, 0.25) is 0 Å². The van der Waals surface area contributed by atoms with Gasteiger partial charge in [-0.25, -0.2) is 0 Å². The van der Waals surface area contributed by atoms with Gasteiger partial charge in [-0.2, -0.15) is 33.7 Å². The Morgan fingerprint density at radius 1 is 0.429 bits per heavy atom. The smallest absolute Gasteiger partial charge is 0.282 e. The van der Waals surface area contributed by atoms with Gasteiger partial charge in [-0.05, 0) is 58.7 Å². The normalized spacial score (nSPS) is 13.0. The molecule has 3 aromatic carbocycles. The molecule has 0 saturated carbocycles. The molecule has 18 heteroatoms. The molecule has 0 aliphatic heterocycles. The average molecular weight is 653 g/mol. The van der Waals surface area contributed by atoms with Crippen molar-refractivity contribution in [3.05, 3.63) is 73.1 Å². The van der Waals surface area contributed by atoms with E-state index in [0.29, 0.717) is 0 Å². The second-order valence-electron chi connectivity index (χ2n) is 8.77. The monoisotopic (exact) mass is 652 g/mol. The van der Waals surface area contributed by atoms with Gasteiger partial charge in [-0.3, -0.25) is 28.2 Å². The van der Waals surface area contributed by atoms with Crippen LogP contribution in [0.4, 0.5) is 0 Å². The summed E-state index contributed by atoms with van der Waals surface area (Å²) in [5, 5.41) is -0.961. The second-order valence-corrected chi connectivity index (χ2v) is 14.3. The SMILES string of the molecule is O=S(=O)(O)c1ccc(-c2ccnc3c2c(S(=O)(=O)O)c(S(=O)(=O)O)c2c(-c4ccc(S(=O)(=O)O)cc4)ccnc23)cc1. The average Bonchev–Trinajstić information content (AvgIpc) is 2.89. The Bertz CT molecular complexity index is 2200. The molecule has 0 bridgehead atoms. The van der Waals surface area contributed by atoms with Gasteiger partial charge >= 0.3 is 0 Å². The highest BCUT2D eigenvalue weighted by Gasteiger charge is 2.34. The van der Waals surface area contributed by atoms with Crippen LogP contribution in [0, 0.1) is 0 Å². The predicted molar refractivity (Wildman–Crippen MR) is 147 cm³/mol. The van der Waals surface area contributed by atoms with E-state index in [9.17, 15) is 51.9 Å². The van der Waals surface area contributed by atoms with Crippen LogP contribution in [0.2, 0.25) is 0 Å². The summed E-state index contributed by atoms with van der Waals surface area (Å²) >= 11 is 0. The molecule has 2 aromatic heterocycles. The van der Waals surface area contributed by atoms with Gasteiger partial charge in [0, 0.05) is 23.2 Å². The van der Waals surface area contributed by atoms with E-state index in [2.05, 4.69) is 9.97 Å². The Morgan fingerprint density at radius 3 is 1.00 bits per heavy atom. The third-order valence-corrected chi connectivity index (χ3v) is 9.94. The Hall–Kier alpha value is -3.88. The highest BCUT2D eigenvalue weighted by Crippen LogP contribution is 2.44. The molecular formula is C24H16N2O12S4. The van der Waals surface area contributed by atoms with Gasteiger partial charge < -0.3 is 0 Å². The largest absolute Gasteiger partial charge is 0.296 e. The van der Waals surface area contributed by atoms with Crippen molar-refractivity contribution in [2.45, 2.75) is 19.6 Å². The third-order valence-electron chi connectivity index (χ3n) is 6.23. The van der Waals surface area contributed by atoms with Gasteiger partial charge in [0.25, 0.3) is 40.5 Å². The van der Waals surface area contributed by atoms with E-state index in [4.69, 9.17) is 0 Å². The van der Waals surface area contributed by atoms with Crippen molar-refractivity contribution >= 4 is 62.3 Å². The number of pyridine rings is 2. The standard InChI is InChI=1S/C24H16N2O12S4/c27-39(28,29)15-5-1-13(2-6-15)17-9-11-25-21-19(17)23(41(33,34)35)24(42(36,37)38)20-18(10-12-26-22(20)21)14-3-7-16(8-4-14)40(30,31)32/h1-12H,(H,27,28,29)(H,30,31,32)(H,33,34,35)(H,36,37,38). The van der Waals surface area contributed by atoms with Gasteiger partial charge in [-0.15, -0.1) is 0 Å². The highest BCUT2D eigenvalue weighted by atomic mass is 32.2. The van der Waals surface area contributed by atoms with Crippen molar-refractivity contribution in [1.29, 1.82) is 0 Å². The van der Waals surface area contributed by atoms with E-state index in [1.165, 1.54) is 48.8 Å². The summed E-state index contributed by atoms with van der Waals surface area (Å²) in [4.78, 5) is 4.85. The minimum atomic E-state index is -5.48. The first-order valence-corrected chi connectivity index (χ1v) is 17.0. The maximum absolute atomic E-state index is 12.9. The Kier molecular flexibility index (Phi) is 6.94. The van der Waals surface area contributed by atoms with Gasteiger partial charge in [0.05, 0.1) is 20.8 Å². The minimum Gasteiger partial charge on any atom is -0.282 e. The summed E-state index contributed by atoms with van der Waals surface area (Å²) in [6.07, 6.45) is 2.42. The van der Waals surface area contributed by atoms with Crippen LogP contribution in [-0.2, 0) is 40.5 Å². The lowest BCUT2D eigenvalue weighted by Crippen LogP contribution is -2.12. The van der Waals surface area contributed by atoms with Crippen molar-refractivity contribution < 1.29 is 51.9 Å². The van der Waals surface area contributed by atoms with E-state index < -0.39 is 70.8 Å². The summed E-state index contributed by atoms with van der Waals surface area (Å²) in [6.45, 7) is 0. The van der Waals surface area contributed by atoms with Gasteiger partial charge in [0.15, 0.2) is 0 Å². The first kappa shape index (κ1) is 29.6. The molecule has 0 aliphatic carbocycles. The molecule has 5 aromatic rings. The summed E-state index contributed by atoms with van der Waals surface area (Å²) < 4.78 is 137. The molecule has 2 heterocycles. The number of rotatable bonds is 6. The zero-order chi connectivity index (χ0) is 30.8. The third kappa shape index (κ3) is 5.25. The summed E-state index contributed by atoms with van der Waals surface area (Å²) in [5.74, 6) is 0. The highest BCUT2D eigenvalue weighted by molar-refractivity contribution is 7.89. The van der Waals surface area contributed by atoms with Crippen molar-refractivity contribution in [1.82, 2.24) is 9.97 Å². The maximum atomic E-state index is 12.9. The molecule has 0 spiro atoms. The molecule has 0 radical (unpaired) electrons. The van der Waals surface area contributed by atoms with E-state index in [1.54, 1.807) is 0 Å². The zero-order valence-corrected chi connectivity index (χ0v) is 23.8. The molecule has 218 valence electrons. The van der Waals surface area contributed by atoms with Crippen LogP contribution >= 0.6 is 0 Å². The number of nitrogens with zero attached hydrogens (tertiary/aromatic N) is 2. The predicted octanol–water partition coefficient (Wildman–Crippen LogP) is 3.10. The number of aromatic nitrogens is 2. The molecule has 0 amide bonds. The Morgan fingerprint density at radius 2 is 0.738 bits per heavy atom. The topological polar surface area (TPSA) is 243 Å². The van der Waals surface area contributed by atoms with Crippen LogP contribution in [0.3, 0.4) is 0 Å². The van der Waals surface area contributed by atoms with Crippen molar-refractivity contribution in [2.75, 3.05) is 0 Å². The maximum Gasteiger partial charge on any atom is 0.296 e. The van der Waals surface area contributed by atoms with Gasteiger partial charge in [-0.1, -0.05) is 24.3 Å². The molecule has 0 fully saturated rings. The molecule has 14 nitrogen and oxygen atoms in total. The molecule has 0 atom stereocenters. The lowest BCUT2D eigenvalue weighted by Gasteiger charge is -2.18. The molecule has 5 rings (SSSR count). The lowest BCUT2D eigenvalue weighted by molar-refractivity contribution is 0.469. The first-order valence-electron chi connectivity index (χ1n) is 11.2. The van der Waals surface area contributed by atoms with Crippen LogP contribution in [0.1, 0.15) is 0 Å². The van der Waals surface area contributed by atoms with E-state index in [1.807, 2.05) is 0 Å². The molecule has 0 unspecified atom stereocenters. The number of hydrogen-bond donors (Lipinski definition) is 4. The van der Waals surface area contributed by atoms with E-state index in [-0.39, 0.29) is 33.3 Å². The van der Waals surface area contributed by atoms with Crippen LogP contribution in [0.5, 0.6) is 0 Å². The second kappa shape index (κ2) is 9.85. The fourth-order valence-electron chi connectivity index (χ4n) is 4.56. The van der Waals surface area contributed by atoms with Crippen molar-refractivity contribution in [3.63, 3.8) is 0 Å². The van der Waals surface area contributed by atoms with Crippen LogP contribution in [-0.4, -0.2) is 61.9 Å². The van der Waals surface area contributed by atoms with Crippen LogP contribution in [0.25, 0.3) is 44.1 Å². The molecule has 0 aliphatic rings. The van der Waals surface area contributed by atoms with E-state index in [0.717, 1.165) is 24.3 Å². The summed E-state index contributed by atoms with van der Waals surface area (Å²) in [5.41, 5.74) is -0.387. The molecule has 4 N–H and O–H groups in total. The number of fused-ring (bicyclic) bond motifs is 3. The molecule has 0 saturated heterocycles.